The van der Waals surface area contributed by atoms with Crippen LogP contribution in [0.5, 0.6) is 5.75 Å². The third-order valence-electron chi connectivity index (χ3n) is 4.64. The second kappa shape index (κ2) is 9.24. The smallest absolute Gasteiger partial charge is 0.335 e. The third-order valence-corrected chi connectivity index (χ3v) is 6.73. The lowest BCUT2D eigenvalue weighted by Gasteiger charge is -2.10. The number of carboxylic acid groups (broad SMARTS) is 1. The predicted octanol–water partition coefficient (Wildman–Crippen LogP) is 7.05. The molecule has 0 aliphatic heterocycles. The first-order valence-corrected chi connectivity index (χ1v) is 11.0. The number of carbonyl (C=O) groups is 1. The van der Waals surface area contributed by atoms with Gasteiger partial charge in [-0.1, -0.05) is 36.4 Å². The second-order valence-corrected chi connectivity index (χ2v) is 8.82. The molecule has 0 fully saturated rings. The van der Waals surface area contributed by atoms with Gasteiger partial charge in [-0.25, -0.2) is 9.18 Å². The summed E-state index contributed by atoms with van der Waals surface area (Å²) >= 11 is 3.09. The minimum absolute atomic E-state index is 0.176. The molecule has 4 nitrogen and oxygen atoms in total. The SMILES string of the molecule is COc1cc(C(=O)O)ccc1NSc1ccc(-c2ccc(-c3ccc(F)cc3)cc2)s1. The summed E-state index contributed by atoms with van der Waals surface area (Å²) in [5.41, 5.74) is 3.99. The zero-order valence-corrected chi connectivity index (χ0v) is 18.1. The number of hydrogen-bond acceptors (Lipinski definition) is 5. The lowest BCUT2D eigenvalue weighted by molar-refractivity contribution is 0.0696. The Morgan fingerprint density at radius 3 is 2.23 bits per heavy atom. The van der Waals surface area contributed by atoms with E-state index in [1.54, 1.807) is 29.5 Å². The summed E-state index contributed by atoms with van der Waals surface area (Å²) in [6.07, 6.45) is 0. The topological polar surface area (TPSA) is 58.6 Å². The van der Waals surface area contributed by atoms with E-state index in [2.05, 4.69) is 22.9 Å². The van der Waals surface area contributed by atoms with Crippen molar-refractivity contribution in [2.45, 2.75) is 4.21 Å². The lowest BCUT2D eigenvalue weighted by atomic mass is 10.0. The molecule has 0 unspecified atom stereocenters. The first-order chi connectivity index (χ1) is 15.0. The fraction of sp³-hybridized carbons (Fsp3) is 0.0417. The van der Waals surface area contributed by atoms with Crippen LogP contribution in [0.25, 0.3) is 21.6 Å². The van der Waals surface area contributed by atoms with Crippen LogP contribution in [0.2, 0.25) is 0 Å². The van der Waals surface area contributed by atoms with Gasteiger partial charge in [0.15, 0.2) is 0 Å². The number of benzene rings is 3. The Hall–Kier alpha value is -3.29. The Kier molecular flexibility index (Phi) is 6.25. The van der Waals surface area contributed by atoms with Crippen molar-refractivity contribution in [3.8, 4) is 27.3 Å². The van der Waals surface area contributed by atoms with Crippen LogP contribution >= 0.6 is 23.3 Å². The maximum absolute atomic E-state index is 13.1. The highest BCUT2D eigenvalue weighted by Crippen LogP contribution is 2.37. The average molecular weight is 452 g/mol. The maximum atomic E-state index is 13.1. The maximum Gasteiger partial charge on any atom is 0.335 e. The first-order valence-electron chi connectivity index (χ1n) is 9.34. The van der Waals surface area contributed by atoms with E-state index in [1.807, 2.05) is 18.2 Å². The van der Waals surface area contributed by atoms with E-state index in [1.165, 1.54) is 43.3 Å². The highest BCUT2D eigenvalue weighted by Gasteiger charge is 2.10. The van der Waals surface area contributed by atoms with Crippen molar-refractivity contribution in [2.75, 3.05) is 11.8 Å². The van der Waals surface area contributed by atoms with E-state index in [9.17, 15) is 9.18 Å². The molecule has 0 atom stereocenters. The number of rotatable bonds is 7. The van der Waals surface area contributed by atoms with Gasteiger partial charge in [0.1, 0.15) is 11.6 Å². The lowest BCUT2D eigenvalue weighted by Crippen LogP contribution is -1.99. The molecule has 0 saturated heterocycles. The van der Waals surface area contributed by atoms with Gasteiger partial charge in [-0.05, 0) is 71.1 Å². The van der Waals surface area contributed by atoms with Crippen LogP contribution in [0, 0.1) is 5.82 Å². The summed E-state index contributed by atoms with van der Waals surface area (Å²) in [6.45, 7) is 0. The third kappa shape index (κ3) is 4.90. The molecule has 4 rings (SSSR count). The summed E-state index contributed by atoms with van der Waals surface area (Å²) in [4.78, 5) is 12.2. The molecule has 0 amide bonds. The Labute approximate surface area is 187 Å². The Morgan fingerprint density at radius 1 is 0.935 bits per heavy atom. The number of thiophene rings is 1. The molecule has 0 bridgehead atoms. The Balaban J connectivity index is 1.45. The van der Waals surface area contributed by atoms with Gasteiger partial charge in [-0.3, -0.25) is 0 Å². The number of halogens is 1. The van der Waals surface area contributed by atoms with Crippen LogP contribution in [0.15, 0.2) is 83.1 Å². The molecule has 7 heteroatoms. The van der Waals surface area contributed by atoms with Crippen molar-refractivity contribution in [1.82, 2.24) is 0 Å². The summed E-state index contributed by atoms with van der Waals surface area (Å²) in [6, 6.07) is 23.5. The largest absolute Gasteiger partial charge is 0.495 e. The van der Waals surface area contributed by atoms with Gasteiger partial charge in [-0.2, -0.15) is 0 Å². The van der Waals surface area contributed by atoms with Crippen LogP contribution in [-0.4, -0.2) is 18.2 Å². The number of aromatic carboxylic acids is 1. The van der Waals surface area contributed by atoms with Gasteiger partial charge >= 0.3 is 5.97 Å². The number of ether oxygens (including phenoxy) is 1. The zero-order valence-electron chi connectivity index (χ0n) is 16.5. The standard InChI is InChI=1S/C24H18FNO3S2/c1-29-21-14-18(24(27)28)8-11-20(21)26-31-23-13-12-22(30-23)17-4-2-15(3-5-17)16-6-9-19(25)10-7-16/h2-14,26H,1H3,(H,27,28). The van der Waals surface area contributed by atoms with Gasteiger partial charge in [0.25, 0.3) is 0 Å². The summed E-state index contributed by atoms with van der Waals surface area (Å²) < 4.78 is 22.7. The molecule has 156 valence electrons. The van der Waals surface area contributed by atoms with E-state index in [-0.39, 0.29) is 11.4 Å². The molecule has 0 aliphatic carbocycles. The first kappa shape index (κ1) is 21.0. The molecule has 1 heterocycles. The van der Waals surface area contributed by atoms with Crippen LogP contribution in [0.4, 0.5) is 10.1 Å². The highest BCUT2D eigenvalue weighted by atomic mass is 32.2. The van der Waals surface area contributed by atoms with Crippen LogP contribution in [0.1, 0.15) is 10.4 Å². The monoisotopic (exact) mass is 451 g/mol. The quantitative estimate of drug-likeness (QED) is 0.295. The van der Waals surface area contributed by atoms with E-state index < -0.39 is 5.97 Å². The average Bonchev–Trinajstić information content (AvgIpc) is 3.27. The van der Waals surface area contributed by atoms with Crippen LogP contribution < -0.4 is 9.46 Å². The molecular formula is C24H18FNO3S2. The number of nitrogens with one attached hydrogen (secondary N) is 1. The molecule has 0 aliphatic rings. The molecule has 3 aromatic carbocycles. The molecule has 0 saturated carbocycles. The number of anilines is 1. The number of hydrogen-bond donors (Lipinski definition) is 2. The molecule has 1 aromatic heterocycles. The van der Waals surface area contributed by atoms with Gasteiger partial charge in [0.2, 0.25) is 0 Å². The van der Waals surface area contributed by atoms with Gasteiger partial charge in [0.05, 0.1) is 22.6 Å². The van der Waals surface area contributed by atoms with Crippen molar-refractivity contribution in [1.29, 1.82) is 0 Å². The number of methoxy groups -OCH3 is 1. The molecule has 4 aromatic rings. The van der Waals surface area contributed by atoms with Gasteiger partial charge in [-0.15, -0.1) is 11.3 Å². The second-order valence-electron chi connectivity index (χ2n) is 6.63. The van der Waals surface area contributed by atoms with E-state index in [4.69, 9.17) is 9.84 Å². The zero-order chi connectivity index (χ0) is 21.8. The summed E-state index contributed by atoms with van der Waals surface area (Å²) in [7, 11) is 1.51. The normalized spacial score (nSPS) is 10.6. The van der Waals surface area contributed by atoms with Crippen molar-refractivity contribution < 1.29 is 19.0 Å². The Morgan fingerprint density at radius 2 is 1.58 bits per heavy atom. The van der Waals surface area contributed by atoms with E-state index in [0.717, 1.165) is 25.8 Å². The fourth-order valence-electron chi connectivity index (χ4n) is 3.01. The van der Waals surface area contributed by atoms with Crippen molar-refractivity contribution in [2.24, 2.45) is 0 Å². The van der Waals surface area contributed by atoms with Gasteiger partial charge < -0.3 is 14.6 Å². The molecule has 0 radical (unpaired) electrons. The molecule has 2 N–H and O–H groups in total. The van der Waals surface area contributed by atoms with E-state index >= 15 is 0 Å². The highest BCUT2D eigenvalue weighted by molar-refractivity contribution is 8.02. The van der Waals surface area contributed by atoms with Crippen LogP contribution in [0.3, 0.4) is 0 Å². The molecule has 31 heavy (non-hydrogen) atoms. The molecular weight excluding hydrogens is 433 g/mol. The summed E-state index contributed by atoms with van der Waals surface area (Å²) in [5.74, 6) is -0.764. The molecule has 0 spiro atoms. The predicted molar refractivity (Wildman–Crippen MR) is 125 cm³/mol. The fourth-order valence-corrected chi connectivity index (χ4v) is 4.83. The summed E-state index contributed by atoms with van der Waals surface area (Å²) in [5, 5.41) is 9.11. The van der Waals surface area contributed by atoms with Crippen molar-refractivity contribution >= 4 is 34.9 Å². The minimum Gasteiger partial charge on any atom is -0.495 e. The minimum atomic E-state index is -0.995. The Bertz CT molecular complexity index is 1200. The van der Waals surface area contributed by atoms with Crippen molar-refractivity contribution in [3.63, 3.8) is 0 Å². The van der Waals surface area contributed by atoms with Crippen molar-refractivity contribution in [3.05, 3.63) is 90.2 Å². The van der Waals surface area contributed by atoms with Gasteiger partial charge in [0, 0.05) is 4.88 Å². The van der Waals surface area contributed by atoms with E-state index in [0.29, 0.717) is 11.4 Å². The van der Waals surface area contributed by atoms with Crippen LogP contribution in [-0.2, 0) is 0 Å². The number of carboxylic acids is 1.